The summed E-state index contributed by atoms with van der Waals surface area (Å²) in [6, 6.07) is 7.80. The molecule has 1 saturated heterocycles. The zero-order valence-electron chi connectivity index (χ0n) is 10.4. The summed E-state index contributed by atoms with van der Waals surface area (Å²) in [5, 5.41) is 12.8. The summed E-state index contributed by atoms with van der Waals surface area (Å²) in [6.07, 6.45) is 0.577. The van der Waals surface area contributed by atoms with Crippen LogP contribution in [0.25, 0.3) is 0 Å². The molecule has 1 aliphatic rings. The Bertz CT molecular complexity index is 432. The number of carbonyl (C=O) groups is 1. The Morgan fingerprint density at radius 3 is 2.84 bits per heavy atom. The molecule has 1 aromatic carbocycles. The fourth-order valence-corrected chi connectivity index (χ4v) is 2.72. The van der Waals surface area contributed by atoms with Crippen LogP contribution >= 0.6 is 27.7 Å². The fourth-order valence-electron chi connectivity index (χ4n) is 1.73. The first-order valence-corrected chi connectivity index (χ1v) is 7.80. The molecule has 2 rings (SSSR count). The monoisotopic (exact) mass is 345 g/mol. The molecule has 4 nitrogen and oxygen atoms in total. The Kier molecular flexibility index (Phi) is 5.27. The molecule has 1 atom stereocenters. The van der Waals surface area contributed by atoms with Crippen LogP contribution in [-0.4, -0.2) is 42.1 Å². The number of rotatable bonds is 5. The van der Waals surface area contributed by atoms with Crippen molar-refractivity contribution in [3.05, 3.63) is 28.7 Å². The van der Waals surface area contributed by atoms with Gasteiger partial charge < -0.3 is 15.2 Å². The maximum atomic E-state index is 11.7. The van der Waals surface area contributed by atoms with Crippen molar-refractivity contribution in [3.63, 3.8) is 0 Å². The van der Waals surface area contributed by atoms with Gasteiger partial charge in [-0.25, -0.2) is 0 Å². The molecule has 0 radical (unpaired) electrons. The third-order valence-electron chi connectivity index (χ3n) is 2.88. The average molecular weight is 346 g/mol. The molecule has 19 heavy (non-hydrogen) atoms. The number of hydrogen-bond acceptors (Lipinski definition) is 4. The van der Waals surface area contributed by atoms with Crippen molar-refractivity contribution in [2.75, 3.05) is 25.5 Å². The van der Waals surface area contributed by atoms with Crippen molar-refractivity contribution in [2.45, 2.75) is 16.9 Å². The van der Waals surface area contributed by atoms with Gasteiger partial charge in [-0.05, 0) is 24.3 Å². The molecule has 1 unspecified atom stereocenters. The van der Waals surface area contributed by atoms with Gasteiger partial charge in [0.15, 0.2) is 0 Å². The number of halogens is 1. The number of amides is 1. The van der Waals surface area contributed by atoms with Crippen LogP contribution in [0.4, 0.5) is 0 Å². The molecule has 1 aromatic rings. The number of aliphatic hydroxyl groups is 1. The van der Waals surface area contributed by atoms with Crippen molar-refractivity contribution in [3.8, 4) is 0 Å². The van der Waals surface area contributed by atoms with E-state index >= 15 is 0 Å². The largest absolute Gasteiger partial charge is 0.386 e. The highest BCUT2D eigenvalue weighted by atomic mass is 79.9. The molecule has 0 saturated carbocycles. The van der Waals surface area contributed by atoms with Gasteiger partial charge >= 0.3 is 0 Å². The number of thioether (sulfide) groups is 1. The molecule has 1 heterocycles. The molecular weight excluding hydrogens is 330 g/mol. The molecule has 104 valence electrons. The van der Waals surface area contributed by atoms with E-state index in [9.17, 15) is 9.90 Å². The van der Waals surface area contributed by atoms with Crippen LogP contribution in [0, 0.1) is 0 Å². The molecule has 1 amide bonds. The second-order valence-corrected chi connectivity index (χ2v) is 6.51. The maximum absolute atomic E-state index is 11.7. The van der Waals surface area contributed by atoms with E-state index in [1.807, 2.05) is 24.3 Å². The highest BCUT2D eigenvalue weighted by Crippen LogP contribution is 2.20. The lowest BCUT2D eigenvalue weighted by Gasteiger charge is -2.20. The van der Waals surface area contributed by atoms with Gasteiger partial charge in [0.2, 0.25) is 5.91 Å². The molecule has 0 bridgehead atoms. The topological polar surface area (TPSA) is 58.6 Å². The van der Waals surface area contributed by atoms with Crippen molar-refractivity contribution >= 4 is 33.6 Å². The lowest BCUT2D eigenvalue weighted by Crippen LogP contribution is -2.43. The van der Waals surface area contributed by atoms with Gasteiger partial charge in [0, 0.05) is 28.9 Å². The van der Waals surface area contributed by atoms with Crippen LogP contribution in [0.5, 0.6) is 0 Å². The van der Waals surface area contributed by atoms with Crippen molar-refractivity contribution in [1.29, 1.82) is 0 Å². The summed E-state index contributed by atoms with van der Waals surface area (Å²) in [4.78, 5) is 12.7. The summed E-state index contributed by atoms with van der Waals surface area (Å²) < 4.78 is 6.14. The molecule has 1 fully saturated rings. The van der Waals surface area contributed by atoms with Crippen LogP contribution in [-0.2, 0) is 9.53 Å². The van der Waals surface area contributed by atoms with Crippen LogP contribution in [0.2, 0.25) is 0 Å². The third-order valence-corrected chi connectivity index (χ3v) is 4.42. The summed E-state index contributed by atoms with van der Waals surface area (Å²) >= 11 is 4.84. The highest BCUT2D eigenvalue weighted by Gasteiger charge is 2.32. The van der Waals surface area contributed by atoms with Gasteiger partial charge in [-0.3, -0.25) is 4.79 Å². The van der Waals surface area contributed by atoms with Gasteiger partial charge in [0.05, 0.1) is 12.4 Å². The third kappa shape index (κ3) is 4.80. The van der Waals surface area contributed by atoms with E-state index in [1.165, 1.54) is 11.8 Å². The number of carbonyl (C=O) groups excluding carboxylic acids is 1. The molecule has 0 aliphatic carbocycles. The molecule has 0 aromatic heterocycles. The minimum atomic E-state index is -0.891. The van der Waals surface area contributed by atoms with Crippen LogP contribution < -0.4 is 5.32 Å². The minimum absolute atomic E-state index is 0.0757. The Balaban J connectivity index is 1.71. The van der Waals surface area contributed by atoms with E-state index in [1.54, 1.807) is 0 Å². The zero-order chi connectivity index (χ0) is 13.7. The summed E-state index contributed by atoms with van der Waals surface area (Å²) in [5.41, 5.74) is -0.891. The van der Waals surface area contributed by atoms with Crippen LogP contribution in [0.1, 0.15) is 6.42 Å². The predicted octanol–water partition coefficient (Wildman–Crippen LogP) is 1.81. The molecular formula is C13H16BrNO3S. The first-order chi connectivity index (χ1) is 9.07. The average Bonchev–Trinajstić information content (AvgIpc) is 2.83. The van der Waals surface area contributed by atoms with E-state index < -0.39 is 5.60 Å². The lowest BCUT2D eigenvalue weighted by molar-refractivity contribution is -0.119. The minimum Gasteiger partial charge on any atom is -0.386 e. The van der Waals surface area contributed by atoms with E-state index in [0.717, 1.165) is 9.37 Å². The van der Waals surface area contributed by atoms with Gasteiger partial charge in [0.1, 0.15) is 5.60 Å². The molecule has 6 heteroatoms. The fraction of sp³-hybridized carbons (Fsp3) is 0.462. The van der Waals surface area contributed by atoms with Crippen molar-refractivity contribution in [1.82, 2.24) is 5.32 Å². The normalized spacial score (nSPS) is 22.4. The second kappa shape index (κ2) is 6.74. The SMILES string of the molecule is O=C(CSc1ccc(Br)cc1)NCC1(O)CCOC1. The van der Waals surface area contributed by atoms with Gasteiger partial charge in [0.25, 0.3) is 0 Å². The zero-order valence-corrected chi connectivity index (χ0v) is 12.8. The van der Waals surface area contributed by atoms with E-state index in [0.29, 0.717) is 25.4 Å². The predicted molar refractivity (Wildman–Crippen MR) is 78.3 cm³/mol. The van der Waals surface area contributed by atoms with E-state index in [-0.39, 0.29) is 12.5 Å². The van der Waals surface area contributed by atoms with Crippen molar-refractivity contribution in [2.24, 2.45) is 0 Å². The van der Waals surface area contributed by atoms with Crippen LogP contribution in [0.3, 0.4) is 0 Å². The van der Waals surface area contributed by atoms with E-state index in [2.05, 4.69) is 21.2 Å². The van der Waals surface area contributed by atoms with Crippen LogP contribution in [0.15, 0.2) is 33.6 Å². The Morgan fingerprint density at radius 1 is 1.47 bits per heavy atom. The molecule has 0 spiro atoms. The second-order valence-electron chi connectivity index (χ2n) is 4.55. The maximum Gasteiger partial charge on any atom is 0.230 e. The number of ether oxygens (including phenoxy) is 1. The summed E-state index contributed by atoms with van der Waals surface area (Å²) in [7, 11) is 0. The lowest BCUT2D eigenvalue weighted by atomic mass is 10.0. The molecule has 1 aliphatic heterocycles. The standard InChI is InChI=1S/C13H16BrNO3S/c14-10-1-3-11(4-2-10)19-7-12(16)15-8-13(17)5-6-18-9-13/h1-4,17H,5-9H2,(H,15,16). The molecule has 2 N–H and O–H groups in total. The quantitative estimate of drug-likeness (QED) is 0.799. The Morgan fingerprint density at radius 2 is 2.21 bits per heavy atom. The Hall–Kier alpha value is -0.560. The summed E-state index contributed by atoms with van der Waals surface area (Å²) in [6.45, 7) is 1.11. The first-order valence-electron chi connectivity index (χ1n) is 6.03. The van der Waals surface area contributed by atoms with Gasteiger partial charge in [-0.15, -0.1) is 11.8 Å². The first kappa shape index (κ1) is 14.8. The number of hydrogen-bond donors (Lipinski definition) is 2. The number of benzene rings is 1. The van der Waals surface area contributed by atoms with E-state index in [4.69, 9.17) is 4.74 Å². The van der Waals surface area contributed by atoms with Gasteiger partial charge in [-0.2, -0.15) is 0 Å². The summed E-state index contributed by atoms with van der Waals surface area (Å²) in [5.74, 6) is 0.270. The van der Waals surface area contributed by atoms with Gasteiger partial charge in [-0.1, -0.05) is 15.9 Å². The van der Waals surface area contributed by atoms with Crippen molar-refractivity contribution < 1.29 is 14.6 Å². The Labute approximate surface area is 125 Å². The number of nitrogens with one attached hydrogen (secondary N) is 1. The highest BCUT2D eigenvalue weighted by molar-refractivity contribution is 9.10. The smallest absolute Gasteiger partial charge is 0.230 e.